The average Bonchev–Trinajstić information content (AvgIpc) is 3.31. The highest BCUT2D eigenvalue weighted by atomic mass is 31.2. The number of carbonyl (C=O) groups is 1. The van der Waals surface area contributed by atoms with Gasteiger partial charge in [0.2, 0.25) is 5.91 Å². The summed E-state index contributed by atoms with van der Waals surface area (Å²) in [4.78, 5) is 23.4. The zero-order valence-electron chi connectivity index (χ0n) is 47.3. The second-order valence-electron chi connectivity index (χ2n) is 22.8. The molecule has 3 N–H and O–H groups in total. The van der Waals surface area contributed by atoms with E-state index in [2.05, 4.69) is 19.2 Å². The maximum atomic E-state index is 13.0. The molecular formula is C60H124N2O6P+. The number of aliphatic hydroxyl groups excluding tert-OH is 1. The summed E-state index contributed by atoms with van der Waals surface area (Å²) in [5.74, 6) is -0.135. The second kappa shape index (κ2) is 52.4. The lowest BCUT2D eigenvalue weighted by Gasteiger charge is -2.26. The molecule has 1 amide bonds. The molecule has 0 rings (SSSR count). The molecule has 0 aliphatic carbocycles. The predicted molar refractivity (Wildman–Crippen MR) is 300 cm³/mol. The van der Waals surface area contributed by atoms with E-state index in [1.807, 2.05) is 21.1 Å². The Morgan fingerprint density at radius 2 is 0.696 bits per heavy atom. The van der Waals surface area contributed by atoms with Crippen molar-refractivity contribution in [2.45, 2.75) is 341 Å². The number of hydrogen-bond acceptors (Lipinski definition) is 5. The summed E-state index contributed by atoms with van der Waals surface area (Å²) in [6.45, 7) is 4.96. The van der Waals surface area contributed by atoms with Gasteiger partial charge in [0.15, 0.2) is 0 Å². The first-order valence-electron chi connectivity index (χ1n) is 30.9. The fourth-order valence-electron chi connectivity index (χ4n) is 9.76. The summed E-state index contributed by atoms with van der Waals surface area (Å²) in [5, 5.41) is 14.1. The lowest BCUT2D eigenvalue weighted by Crippen LogP contribution is -2.46. The van der Waals surface area contributed by atoms with Crippen LogP contribution in [0.5, 0.6) is 0 Å². The molecule has 0 spiro atoms. The van der Waals surface area contributed by atoms with Gasteiger partial charge in [-0.3, -0.25) is 13.8 Å². The summed E-state index contributed by atoms with van der Waals surface area (Å²) < 4.78 is 23.8. The van der Waals surface area contributed by atoms with Crippen molar-refractivity contribution in [3.8, 4) is 0 Å². The number of hydrogen-bond donors (Lipinski definition) is 3. The Morgan fingerprint density at radius 3 is 0.971 bits per heavy atom. The number of carbonyl (C=O) groups excluding carboxylic acids is 1. The van der Waals surface area contributed by atoms with Gasteiger partial charge in [-0.15, -0.1) is 0 Å². The number of nitrogens with zero attached hydrogens (tertiary/aromatic N) is 1. The topological polar surface area (TPSA) is 105 Å². The van der Waals surface area contributed by atoms with Crippen LogP contribution in [0.1, 0.15) is 328 Å². The number of aliphatic hydroxyl groups is 1. The third-order valence-corrected chi connectivity index (χ3v) is 15.6. The van der Waals surface area contributed by atoms with Crippen LogP contribution < -0.4 is 5.32 Å². The van der Waals surface area contributed by atoms with Crippen molar-refractivity contribution in [3.63, 3.8) is 0 Å². The second-order valence-corrected chi connectivity index (χ2v) is 24.3. The van der Waals surface area contributed by atoms with Crippen molar-refractivity contribution in [3.05, 3.63) is 0 Å². The molecular weight excluding hydrogens is 876 g/mol. The molecule has 9 heteroatoms. The van der Waals surface area contributed by atoms with Crippen LogP contribution in [0.25, 0.3) is 0 Å². The van der Waals surface area contributed by atoms with Crippen molar-refractivity contribution in [2.24, 2.45) is 0 Å². The van der Waals surface area contributed by atoms with Crippen LogP contribution >= 0.6 is 7.82 Å². The first-order valence-corrected chi connectivity index (χ1v) is 32.4. The Hall–Kier alpha value is -0.500. The van der Waals surface area contributed by atoms with E-state index in [0.717, 1.165) is 38.5 Å². The fraction of sp³-hybridized carbons (Fsp3) is 0.983. The van der Waals surface area contributed by atoms with Crippen molar-refractivity contribution >= 4 is 13.7 Å². The molecule has 69 heavy (non-hydrogen) atoms. The standard InChI is InChI=1S/C60H123N2O6P/c1-6-8-10-12-14-16-18-20-22-24-26-28-30-32-34-36-38-40-42-44-46-48-50-52-54-60(64)61-58(57-68-69(65,66)67-56-55-62(3,4)5)59(63)53-51-49-47-45-43-41-39-37-35-33-31-29-27-25-23-21-19-17-15-13-11-9-7-2/h58-59,63H,6-57H2,1-5H3,(H-,61,64,65,66)/p+1. The molecule has 0 aliphatic heterocycles. The largest absolute Gasteiger partial charge is 0.472 e. The summed E-state index contributed by atoms with van der Waals surface area (Å²) in [6, 6.07) is -0.756. The third kappa shape index (κ3) is 55.1. The lowest BCUT2D eigenvalue weighted by atomic mass is 10.0. The number of unbranched alkanes of at least 4 members (excludes halogenated alkanes) is 45. The normalized spacial score (nSPS) is 13.8. The number of likely N-dealkylation sites (N-methyl/N-ethyl adjacent to an activating group) is 1. The van der Waals surface area contributed by atoms with Crippen molar-refractivity contribution in [1.82, 2.24) is 5.32 Å². The minimum absolute atomic E-state index is 0.0793. The van der Waals surface area contributed by atoms with Gasteiger partial charge >= 0.3 is 7.82 Å². The number of rotatable bonds is 58. The minimum atomic E-state index is -4.32. The smallest absolute Gasteiger partial charge is 0.391 e. The Morgan fingerprint density at radius 1 is 0.435 bits per heavy atom. The molecule has 0 heterocycles. The first kappa shape index (κ1) is 68.5. The quantitative estimate of drug-likeness (QED) is 0.0318. The summed E-state index contributed by atoms with van der Waals surface area (Å²) >= 11 is 0. The molecule has 0 fully saturated rings. The number of nitrogens with one attached hydrogen (secondary N) is 1. The SMILES string of the molecule is CCCCCCCCCCCCCCCCCCCCCCCCCCC(=O)NC(COP(=O)(O)OCC[N+](C)(C)C)C(O)CCCCCCCCCCCCCCCCCCCCCCCCC. The van der Waals surface area contributed by atoms with Crippen LogP contribution in [0.2, 0.25) is 0 Å². The van der Waals surface area contributed by atoms with Crippen LogP contribution in [-0.2, 0) is 18.4 Å². The minimum Gasteiger partial charge on any atom is -0.391 e. The van der Waals surface area contributed by atoms with E-state index in [4.69, 9.17) is 9.05 Å². The van der Waals surface area contributed by atoms with Crippen LogP contribution in [0.4, 0.5) is 0 Å². The maximum absolute atomic E-state index is 13.0. The average molecular weight is 1000 g/mol. The lowest BCUT2D eigenvalue weighted by molar-refractivity contribution is -0.870. The Bertz CT molecular complexity index is 1090. The predicted octanol–water partition coefficient (Wildman–Crippen LogP) is 18.8. The molecule has 8 nitrogen and oxygen atoms in total. The summed E-state index contributed by atoms with van der Waals surface area (Å²) in [7, 11) is 1.64. The highest BCUT2D eigenvalue weighted by molar-refractivity contribution is 7.47. The Kier molecular flexibility index (Phi) is 52.0. The highest BCUT2D eigenvalue weighted by Crippen LogP contribution is 2.43. The van der Waals surface area contributed by atoms with Gasteiger partial charge in [-0.05, 0) is 12.8 Å². The van der Waals surface area contributed by atoms with Crippen molar-refractivity contribution < 1.29 is 32.9 Å². The number of quaternary nitrogens is 1. The van der Waals surface area contributed by atoms with E-state index in [9.17, 15) is 19.4 Å². The Balaban J connectivity index is 4.08. The first-order chi connectivity index (χ1) is 33.5. The zero-order chi connectivity index (χ0) is 50.6. The monoisotopic (exact) mass is 1000 g/mol. The van der Waals surface area contributed by atoms with Gasteiger partial charge in [-0.1, -0.05) is 309 Å². The summed E-state index contributed by atoms with van der Waals surface area (Å²) in [6.07, 6.45) is 63.1. The van der Waals surface area contributed by atoms with E-state index in [1.165, 1.54) is 263 Å². The van der Waals surface area contributed by atoms with Gasteiger partial charge in [0, 0.05) is 6.42 Å². The number of phosphoric ester groups is 1. The molecule has 0 radical (unpaired) electrons. The van der Waals surface area contributed by atoms with Crippen LogP contribution in [0, 0.1) is 0 Å². The Labute approximate surface area is 431 Å². The fourth-order valence-corrected chi connectivity index (χ4v) is 10.5. The number of amides is 1. The third-order valence-electron chi connectivity index (χ3n) is 14.6. The van der Waals surface area contributed by atoms with E-state index >= 15 is 0 Å². The molecule has 3 atom stereocenters. The van der Waals surface area contributed by atoms with E-state index in [1.54, 1.807) is 0 Å². The van der Waals surface area contributed by atoms with Gasteiger partial charge in [-0.2, -0.15) is 0 Å². The van der Waals surface area contributed by atoms with Gasteiger partial charge in [-0.25, -0.2) is 4.57 Å². The van der Waals surface area contributed by atoms with E-state index in [-0.39, 0.29) is 19.1 Å². The molecule has 0 aromatic rings. The van der Waals surface area contributed by atoms with Gasteiger partial charge in [0.05, 0.1) is 39.9 Å². The van der Waals surface area contributed by atoms with Crippen LogP contribution in [0.15, 0.2) is 0 Å². The van der Waals surface area contributed by atoms with Crippen LogP contribution in [-0.4, -0.2) is 73.4 Å². The van der Waals surface area contributed by atoms with Gasteiger partial charge < -0.3 is 19.8 Å². The van der Waals surface area contributed by atoms with Crippen molar-refractivity contribution in [2.75, 3.05) is 40.9 Å². The van der Waals surface area contributed by atoms with Gasteiger partial charge in [0.1, 0.15) is 13.2 Å². The van der Waals surface area contributed by atoms with Crippen molar-refractivity contribution in [1.29, 1.82) is 0 Å². The molecule has 414 valence electrons. The zero-order valence-corrected chi connectivity index (χ0v) is 48.2. The summed E-state index contributed by atoms with van der Waals surface area (Å²) in [5.41, 5.74) is 0. The number of phosphoric acid groups is 1. The molecule has 0 aliphatic rings. The van der Waals surface area contributed by atoms with E-state index in [0.29, 0.717) is 23.9 Å². The molecule has 0 aromatic carbocycles. The molecule has 0 saturated carbocycles. The molecule has 0 saturated heterocycles. The maximum Gasteiger partial charge on any atom is 0.472 e. The van der Waals surface area contributed by atoms with Gasteiger partial charge in [0.25, 0.3) is 0 Å². The molecule has 0 bridgehead atoms. The molecule has 3 unspecified atom stereocenters. The molecule has 0 aromatic heterocycles. The van der Waals surface area contributed by atoms with Crippen LogP contribution in [0.3, 0.4) is 0 Å². The highest BCUT2D eigenvalue weighted by Gasteiger charge is 2.28. The van der Waals surface area contributed by atoms with E-state index < -0.39 is 20.0 Å².